The molecule has 0 amide bonds. The predicted octanol–water partition coefficient (Wildman–Crippen LogP) is 1.95. The number of halogens is 2. The average Bonchev–Trinajstić information content (AvgIpc) is 2.21. The van der Waals surface area contributed by atoms with Crippen LogP contribution < -0.4 is 0 Å². The number of hydrogen-bond acceptors (Lipinski definition) is 3. The molecule has 1 aromatic rings. The van der Waals surface area contributed by atoms with Gasteiger partial charge >= 0.3 is 5.97 Å². The topological polar surface area (TPSA) is 43.4 Å². The Bertz CT molecular complexity index is 402. The van der Waals surface area contributed by atoms with Crippen molar-refractivity contribution in [2.45, 2.75) is 6.92 Å². The van der Waals surface area contributed by atoms with Gasteiger partial charge in [-0.05, 0) is 19.1 Å². The van der Waals surface area contributed by atoms with Gasteiger partial charge in [-0.3, -0.25) is 4.79 Å². The molecule has 0 saturated carbocycles. The fraction of sp³-hybridized carbons (Fsp3) is 0.200. The third-order valence-corrected chi connectivity index (χ3v) is 1.74. The highest BCUT2D eigenvalue weighted by atomic mass is 19.1. The molecule has 0 radical (unpaired) electrons. The number of esters is 1. The highest BCUT2D eigenvalue weighted by molar-refractivity contribution is 5.98. The normalized spacial score (nSPS) is 9.80. The van der Waals surface area contributed by atoms with Gasteiger partial charge in [0.05, 0.1) is 12.2 Å². The maximum atomic E-state index is 13.2. The third-order valence-electron chi connectivity index (χ3n) is 1.74. The van der Waals surface area contributed by atoms with E-state index >= 15 is 0 Å². The molecule has 0 unspecified atom stereocenters. The Balaban J connectivity index is 3.31. The first kappa shape index (κ1) is 11.3. The van der Waals surface area contributed by atoms with E-state index in [4.69, 9.17) is 0 Å². The fourth-order valence-electron chi connectivity index (χ4n) is 1.09. The molecule has 0 aliphatic rings. The minimum absolute atomic E-state index is 0.0209. The van der Waals surface area contributed by atoms with Gasteiger partial charge < -0.3 is 4.74 Å². The highest BCUT2D eigenvalue weighted by Crippen LogP contribution is 2.16. The van der Waals surface area contributed by atoms with Gasteiger partial charge in [-0.15, -0.1) is 0 Å². The smallest absolute Gasteiger partial charge is 0.341 e. The number of hydrogen-bond donors (Lipinski definition) is 0. The van der Waals surface area contributed by atoms with Gasteiger partial charge in [0.1, 0.15) is 17.2 Å². The van der Waals surface area contributed by atoms with E-state index < -0.39 is 28.7 Å². The summed E-state index contributed by atoms with van der Waals surface area (Å²) in [4.78, 5) is 21.7. The molecule has 0 bridgehead atoms. The van der Waals surface area contributed by atoms with E-state index in [0.29, 0.717) is 0 Å². The summed E-state index contributed by atoms with van der Waals surface area (Å²) in [6, 6.07) is 1.55. The van der Waals surface area contributed by atoms with Crippen LogP contribution in [0.3, 0.4) is 0 Å². The molecule has 1 rings (SSSR count). The number of ether oxygens (including phenoxy) is 1. The molecule has 0 spiro atoms. The van der Waals surface area contributed by atoms with Gasteiger partial charge in [0.2, 0.25) is 0 Å². The summed E-state index contributed by atoms with van der Waals surface area (Å²) in [7, 11) is 0. The van der Waals surface area contributed by atoms with E-state index in [1.165, 1.54) is 6.92 Å². The van der Waals surface area contributed by atoms with Crippen LogP contribution in [0, 0.1) is 11.6 Å². The van der Waals surface area contributed by atoms with Crippen LogP contribution in [0.25, 0.3) is 0 Å². The Hall–Kier alpha value is -1.78. The third kappa shape index (κ3) is 2.18. The van der Waals surface area contributed by atoms with Gasteiger partial charge in [0.25, 0.3) is 0 Å². The van der Waals surface area contributed by atoms with Crippen LogP contribution >= 0.6 is 0 Å². The summed E-state index contributed by atoms with van der Waals surface area (Å²) in [6.45, 7) is 1.54. The Labute approximate surface area is 84.7 Å². The van der Waals surface area contributed by atoms with Crippen molar-refractivity contribution >= 4 is 12.3 Å². The van der Waals surface area contributed by atoms with Crippen molar-refractivity contribution in [3.05, 3.63) is 34.9 Å². The summed E-state index contributed by atoms with van der Waals surface area (Å²) in [5.74, 6) is -2.97. The minimum atomic E-state index is -1.04. The van der Waals surface area contributed by atoms with E-state index in [1.807, 2.05) is 0 Å². The molecule has 0 aliphatic heterocycles. The zero-order chi connectivity index (χ0) is 11.4. The quantitative estimate of drug-likeness (QED) is 0.570. The molecule has 0 N–H and O–H groups in total. The molecule has 15 heavy (non-hydrogen) atoms. The lowest BCUT2D eigenvalue weighted by molar-refractivity contribution is 0.0518. The lowest BCUT2D eigenvalue weighted by Crippen LogP contribution is -2.12. The van der Waals surface area contributed by atoms with Crippen LogP contribution in [0.15, 0.2) is 12.1 Å². The maximum Gasteiger partial charge on any atom is 0.341 e. The van der Waals surface area contributed by atoms with Crippen LogP contribution in [0.4, 0.5) is 8.78 Å². The highest BCUT2D eigenvalue weighted by Gasteiger charge is 2.20. The van der Waals surface area contributed by atoms with E-state index in [9.17, 15) is 18.4 Å². The van der Waals surface area contributed by atoms with Gasteiger partial charge in [-0.1, -0.05) is 0 Å². The summed E-state index contributed by atoms with van der Waals surface area (Å²) >= 11 is 0. The first-order valence-corrected chi connectivity index (χ1v) is 4.22. The Morgan fingerprint density at radius 3 is 2.53 bits per heavy atom. The lowest BCUT2D eigenvalue weighted by Gasteiger charge is -2.06. The maximum absolute atomic E-state index is 13.2. The van der Waals surface area contributed by atoms with E-state index in [2.05, 4.69) is 4.74 Å². The zero-order valence-corrected chi connectivity index (χ0v) is 7.92. The van der Waals surface area contributed by atoms with Gasteiger partial charge in [-0.25, -0.2) is 13.6 Å². The second-order valence-corrected chi connectivity index (χ2v) is 2.66. The van der Waals surface area contributed by atoms with Crippen LogP contribution in [0.1, 0.15) is 27.6 Å². The van der Waals surface area contributed by atoms with Crippen molar-refractivity contribution < 1.29 is 23.1 Å². The first-order valence-electron chi connectivity index (χ1n) is 4.22. The number of aldehydes is 1. The Morgan fingerprint density at radius 2 is 2.00 bits per heavy atom. The molecule has 0 heterocycles. The van der Waals surface area contributed by atoms with Crippen molar-refractivity contribution in [3.8, 4) is 0 Å². The largest absolute Gasteiger partial charge is 0.462 e. The fourth-order valence-corrected chi connectivity index (χ4v) is 1.09. The van der Waals surface area contributed by atoms with Crippen LogP contribution in [0.5, 0.6) is 0 Å². The minimum Gasteiger partial charge on any atom is -0.462 e. The summed E-state index contributed by atoms with van der Waals surface area (Å²) in [5.41, 5.74) is -1.28. The monoisotopic (exact) mass is 214 g/mol. The summed E-state index contributed by atoms with van der Waals surface area (Å²) < 4.78 is 30.7. The summed E-state index contributed by atoms with van der Waals surface area (Å²) in [5, 5.41) is 0. The van der Waals surface area contributed by atoms with Crippen molar-refractivity contribution in [1.29, 1.82) is 0 Å². The zero-order valence-electron chi connectivity index (χ0n) is 7.92. The van der Waals surface area contributed by atoms with Gasteiger partial charge in [-0.2, -0.15) is 0 Å². The standard InChI is InChI=1S/C10H8F2O3/c1-2-15-10(14)9-6(5-13)7(11)3-4-8(9)12/h3-5H,2H2,1H3. The molecule has 1 aromatic carbocycles. The molecule has 80 valence electrons. The van der Waals surface area contributed by atoms with Gasteiger partial charge in [0.15, 0.2) is 6.29 Å². The van der Waals surface area contributed by atoms with Crippen molar-refractivity contribution in [1.82, 2.24) is 0 Å². The van der Waals surface area contributed by atoms with Crippen molar-refractivity contribution in [2.75, 3.05) is 6.61 Å². The molecule has 0 atom stereocenters. The first-order chi connectivity index (χ1) is 7.11. The number of carbonyl (C=O) groups is 2. The molecular weight excluding hydrogens is 206 g/mol. The second kappa shape index (κ2) is 4.63. The molecule has 0 aliphatic carbocycles. The number of rotatable bonds is 3. The van der Waals surface area contributed by atoms with Crippen LogP contribution in [-0.4, -0.2) is 18.9 Å². The average molecular weight is 214 g/mol. The number of benzene rings is 1. The van der Waals surface area contributed by atoms with E-state index in [1.54, 1.807) is 0 Å². The van der Waals surface area contributed by atoms with Crippen molar-refractivity contribution in [2.24, 2.45) is 0 Å². The Morgan fingerprint density at radius 1 is 1.40 bits per heavy atom. The number of carbonyl (C=O) groups excluding carboxylic acids is 2. The Kier molecular flexibility index (Phi) is 3.49. The molecule has 0 saturated heterocycles. The van der Waals surface area contributed by atoms with E-state index in [-0.39, 0.29) is 12.9 Å². The summed E-state index contributed by atoms with van der Waals surface area (Å²) in [6.07, 6.45) is 0.0880. The van der Waals surface area contributed by atoms with Crippen LogP contribution in [0.2, 0.25) is 0 Å². The SMILES string of the molecule is CCOC(=O)c1c(F)ccc(F)c1C=O. The molecular formula is C10H8F2O3. The van der Waals surface area contributed by atoms with Crippen LogP contribution in [-0.2, 0) is 4.74 Å². The molecule has 3 nitrogen and oxygen atoms in total. The van der Waals surface area contributed by atoms with Crippen molar-refractivity contribution in [3.63, 3.8) is 0 Å². The predicted molar refractivity (Wildman–Crippen MR) is 47.7 cm³/mol. The molecule has 0 aromatic heterocycles. The van der Waals surface area contributed by atoms with E-state index in [0.717, 1.165) is 12.1 Å². The second-order valence-electron chi connectivity index (χ2n) is 2.66. The molecule has 5 heteroatoms. The molecule has 0 fully saturated rings. The lowest BCUT2D eigenvalue weighted by atomic mass is 10.1. The van der Waals surface area contributed by atoms with Gasteiger partial charge in [0, 0.05) is 0 Å².